The van der Waals surface area contributed by atoms with Gasteiger partial charge in [0.2, 0.25) is 0 Å². The molecule has 2 aromatic rings. The predicted molar refractivity (Wildman–Crippen MR) is 50.6 cm³/mol. The Morgan fingerprint density at radius 2 is 2.46 bits per heavy atom. The third-order valence-electron chi connectivity index (χ3n) is 1.91. The van der Waals surface area contributed by atoms with Crippen LogP contribution < -0.4 is 5.69 Å². The molecule has 0 fully saturated rings. The highest BCUT2D eigenvalue weighted by Crippen LogP contribution is 2.13. The lowest BCUT2D eigenvalue weighted by Crippen LogP contribution is -2.08. The lowest BCUT2D eigenvalue weighted by molar-refractivity contribution is 1.11. The summed E-state index contributed by atoms with van der Waals surface area (Å²) < 4.78 is 0. The molecule has 13 heavy (non-hydrogen) atoms. The molecule has 0 amide bonds. The molecular formula is C9H9N3O. The zero-order valence-corrected chi connectivity index (χ0v) is 7.00. The SMILES string of the molecule is C=CCc1c[nH]c2[nH]c(=O)ncc12. The Bertz CT molecular complexity index is 495. The van der Waals surface area contributed by atoms with Gasteiger partial charge in [0.15, 0.2) is 0 Å². The van der Waals surface area contributed by atoms with E-state index in [0.29, 0.717) is 0 Å². The van der Waals surface area contributed by atoms with Crippen molar-refractivity contribution in [2.45, 2.75) is 6.42 Å². The van der Waals surface area contributed by atoms with Gasteiger partial charge in [0.25, 0.3) is 0 Å². The van der Waals surface area contributed by atoms with Crippen molar-refractivity contribution in [2.24, 2.45) is 0 Å². The Balaban J connectivity index is 2.68. The van der Waals surface area contributed by atoms with Crippen LogP contribution in [0.3, 0.4) is 0 Å². The molecule has 4 heteroatoms. The molecule has 2 rings (SSSR count). The van der Waals surface area contributed by atoms with Crippen molar-refractivity contribution in [3.8, 4) is 0 Å². The summed E-state index contributed by atoms with van der Waals surface area (Å²) in [7, 11) is 0. The molecule has 0 spiro atoms. The number of aromatic amines is 2. The zero-order valence-electron chi connectivity index (χ0n) is 7.00. The van der Waals surface area contributed by atoms with E-state index in [1.807, 2.05) is 12.3 Å². The monoisotopic (exact) mass is 175 g/mol. The van der Waals surface area contributed by atoms with Crippen LogP contribution in [0.1, 0.15) is 5.56 Å². The number of nitrogens with one attached hydrogen (secondary N) is 2. The van der Waals surface area contributed by atoms with Crippen LogP contribution in [0, 0.1) is 0 Å². The van der Waals surface area contributed by atoms with Crippen LogP contribution in [-0.4, -0.2) is 15.0 Å². The van der Waals surface area contributed by atoms with Gasteiger partial charge < -0.3 is 4.98 Å². The number of aromatic nitrogens is 3. The van der Waals surface area contributed by atoms with Crippen molar-refractivity contribution < 1.29 is 0 Å². The van der Waals surface area contributed by atoms with Crippen molar-refractivity contribution in [3.63, 3.8) is 0 Å². The molecule has 0 bridgehead atoms. The average Bonchev–Trinajstić information content (AvgIpc) is 2.49. The Morgan fingerprint density at radius 3 is 3.23 bits per heavy atom. The van der Waals surface area contributed by atoms with E-state index in [0.717, 1.165) is 23.0 Å². The smallest absolute Gasteiger partial charge is 0.346 e. The average molecular weight is 175 g/mol. The van der Waals surface area contributed by atoms with Gasteiger partial charge in [-0.15, -0.1) is 6.58 Å². The predicted octanol–water partition coefficient (Wildman–Crippen LogP) is 0.980. The van der Waals surface area contributed by atoms with Crippen molar-refractivity contribution in [1.82, 2.24) is 15.0 Å². The second-order valence-corrected chi connectivity index (χ2v) is 2.78. The van der Waals surface area contributed by atoms with E-state index in [9.17, 15) is 4.79 Å². The maximum Gasteiger partial charge on any atom is 0.346 e. The fraction of sp³-hybridized carbons (Fsp3) is 0.111. The maximum absolute atomic E-state index is 10.8. The van der Waals surface area contributed by atoms with E-state index in [4.69, 9.17) is 0 Å². The fourth-order valence-electron chi connectivity index (χ4n) is 1.31. The number of allylic oxidation sites excluding steroid dienone is 1. The minimum atomic E-state index is -0.334. The molecule has 0 aromatic carbocycles. The quantitative estimate of drug-likeness (QED) is 0.668. The summed E-state index contributed by atoms with van der Waals surface area (Å²) in [5.74, 6) is 0. The molecule has 0 unspecified atom stereocenters. The van der Waals surface area contributed by atoms with Gasteiger partial charge in [-0.05, 0) is 12.0 Å². The standard InChI is InChI=1S/C9H9N3O/c1-2-3-6-4-10-8-7(6)5-11-9(13)12-8/h2,4-5H,1,3H2,(H2,10,11,12,13). The van der Waals surface area contributed by atoms with E-state index >= 15 is 0 Å². The minimum Gasteiger partial charge on any atom is -0.347 e. The molecule has 0 aliphatic heterocycles. The van der Waals surface area contributed by atoms with Gasteiger partial charge in [-0.3, -0.25) is 4.98 Å². The number of rotatable bonds is 2. The van der Waals surface area contributed by atoms with Crippen LogP contribution in [0.5, 0.6) is 0 Å². The Labute approximate surface area is 74.3 Å². The van der Waals surface area contributed by atoms with E-state index < -0.39 is 0 Å². The highest BCUT2D eigenvalue weighted by atomic mass is 16.1. The molecule has 2 aromatic heterocycles. The number of hydrogen-bond donors (Lipinski definition) is 2. The highest BCUT2D eigenvalue weighted by Gasteiger charge is 2.02. The van der Waals surface area contributed by atoms with Crippen LogP contribution in [0.25, 0.3) is 11.0 Å². The van der Waals surface area contributed by atoms with Crippen molar-refractivity contribution in [2.75, 3.05) is 0 Å². The van der Waals surface area contributed by atoms with E-state index in [1.165, 1.54) is 0 Å². The van der Waals surface area contributed by atoms with Gasteiger partial charge in [-0.2, -0.15) is 0 Å². The summed E-state index contributed by atoms with van der Waals surface area (Å²) in [4.78, 5) is 20.1. The summed E-state index contributed by atoms with van der Waals surface area (Å²) in [5, 5.41) is 0.944. The number of nitrogens with zero attached hydrogens (tertiary/aromatic N) is 1. The fourth-order valence-corrected chi connectivity index (χ4v) is 1.31. The first-order valence-corrected chi connectivity index (χ1v) is 3.97. The third kappa shape index (κ3) is 1.26. The van der Waals surface area contributed by atoms with Crippen LogP contribution in [0.15, 0.2) is 29.8 Å². The molecule has 2 heterocycles. The topological polar surface area (TPSA) is 61.5 Å². The molecule has 0 saturated carbocycles. The van der Waals surface area contributed by atoms with Crippen LogP contribution in [0.2, 0.25) is 0 Å². The van der Waals surface area contributed by atoms with Gasteiger partial charge in [0.05, 0.1) is 0 Å². The van der Waals surface area contributed by atoms with E-state index in [1.54, 1.807) is 6.20 Å². The normalized spacial score (nSPS) is 10.5. The number of fused-ring (bicyclic) bond motifs is 1. The van der Waals surface area contributed by atoms with E-state index in [2.05, 4.69) is 21.5 Å². The third-order valence-corrected chi connectivity index (χ3v) is 1.91. The molecule has 0 aliphatic carbocycles. The van der Waals surface area contributed by atoms with Gasteiger partial charge in [-0.25, -0.2) is 9.78 Å². The summed E-state index contributed by atoms with van der Waals surface area (Å²) in [6, 6.07) is 0. The van der Waals surface area contributed by atoms with Crippen LogP contribution in [-0.2, 0) is 6.42 Å². The summed E-state index contributed by atoms with van der Waals surface area (Å²) in [6.45, 7) is 3.65. The largest absolute Gasteiger partial charge is 0.347 e. The van der Waals surface area contributed by atoms with Gasteiger partial charge in [0.1, 0.15) is 5.65 Å². The Hall–Kier alpha value is -1.84. The highest BCUT2D eigenvalue weighted by molar-refractivity contribution is 5.78. The molecule has 0 saturated heterocycles. The van der Waals surface area contributed by atoms with Crippen molar-refractivity contribution >= 4 is 11.0 Å². The van der Waals surface area contributed by atoms with E-state index in [-0.39, 0.29) is 5.69 Å². The zero-order chi connectivity index (χ0) is 9.26. The molecule has 0 atom stereocenters. The lowest BCUT2D eigenvalue weighted by Gasteiger charge is -1.91. The van der Waals surface area contributed by atoms with Crippen molar-refractivity contribution in [1.29, 1.82) is 0 Å². The van der Waals surface area contributed by atoms with Gasteiger partial charge in [0, 0.05) is 17.8 Å². The number of hydrogen-bond acceptors (Lipinski definition) is 2. The second kappa shape index (κ2) is 2.90. The molecular weight excluding hydrogens is 166 g/mol. The first-order valence-electron chi connectivity index (χ1n) is 3.97. The summed E-state index contributed by atoms with van der Waals surface area (Å²) >= 11 is 0. The van der Waals surface area contributed by atoms with Gasteiger partial charge in [-0.1, -0.05) is 6.08 Å². The van der Waals surface area contributed by atoms with Crippen molar-refractivity contribution in [3.05, 3.63) is 41.1 Å². The minimum absolute atomic E-state index is 0.334. The van der Waals surface area contributed by atoms with Crippen LogP contribution in [0.4, 0.5) is 0 Å². The molecule has 0 radical (unpaired) electrons. The molecule has 66 valence electrons. The molecule has 2 N–H and O–H groups in total. The summed E-state index contributed by atoms with van der Waals surface area (Å²) in [5.41, 5.74) is 1.48. The Morgan fingerprint density at radius 1 is 1.62 bits per heavy atom. The van der Waals surface area contributed by atoms with Gasteiger partial charge >= 0.3 is 5.69 Å². The lowest BCUT2D eigenvalue weighted by atomic mass is 10.2. The first-order chi connectivity index (χ1) is 6.31. The summed E-state index contributed by atoms with van der Waals surface area (Å²) in [6.07, 6.45) is 6.01. The second-order valence-electron chi connectivity index (χ2n) is 2.78. The molecule has 0 aliphatic rings. The Kier molecular flexibility index (Phi) is 1.73. The first kappa shape index (κ1) is 7.79. The number of H-pyrrole nitrogens is 2. The van der Waals surface area contributed by atoms with Crippen LogP contribution >= 0.6 is 0 Å². The maximum atomic E-state index is 10.8. The molecule has 4 nitrogen and oxygen atoms in total.